The van der Waals surface area contributed by atoms with Crippen LogP contribution in [-0.4, -0.2) is 42.1 Å². The maximum absolute atomic E-state index is 12.9. The van der Waals surface area contributed by atoms with Crippen LogP contribution in [-0.2, 0) is 23.9 Å². The Kier molecular flexibility index (Phi) is 11.9. The van der Waals surface area contributed by atoms with E-state index in [1.807, 2.05) is 6.08 Å². The zero-order valence-corrected chi connectivity index (χ0v) is 19.2. The summed E-state index contributed by atoms with van der Waals surface area (Å²) >= 11 is 0. The summed E-state index contributed by atoms with van der Waals surface area (Å²) in [6.45, 7) is 7.96. The predicted octanol–water partition coefficient (Wildman–Crippen LogP) is 4.38. The molecule has 4 atom stereocenters. The van der Waals surface area contributed by atoms with Crippen molar-refractivity contribution in [2.75, 3.05) is 13.2 Å². The number of aliphatic hydroxyl groups excluding tert-OH is 1. The summed E-state index contributed by atoms with van der Waals surface area (Å²) in [4.78, 5) is 37.7. The Hall–Kier alpha value is -1.69. The first-order chi connectivity index (χ1) is 14.3. The number of rotatable bonds is 14. The third kappa shape index (κ3) is 7.22. The van der Waals surface area contributed by atoms with E-state index in [-0.39, 0.29) is 30.2 Å². The van der Waals surface area contributed by atoms with Gasteiger partial charge in [-0.2, -0.15) is 0 Å². The third-order valence-electron chi connectivity index (χ3n) is 6.02. The monoisotopic (exact) mass is 424 g/mol. The van der Waals surface area contributed by atoms with Crippen LogP contribution in [0.25, 0.3) is 0 Å². The number of hydrogen-bond acceptors (Lipinski definition) is 6. The molecule has 1 fully saturated rings. The number of allylic oxidation sites excluding steroid dienone is 1. The van der Waals surface area contributed by atoms with Crippen molar-refractivity contribution in [1.29, 1.82) is 0 Å². The van der Waals surface area contributed by atoms with E-state index in [0.29, 0.717) is 45.1 Å². The zero-order chi connectivity index (χ0) is 22.6. The molecule has 172 valence electrons. The molecular weight excluding hydrogens is 384 g/mol. The molecule has 0 saturated heterocycles. The fraction of sp³-hybridized carbons (Fsp3) is 0.792. The molecule has 30 heavy (non-hydrogen) atoms. The normalized spacial score (nSPS) is 23.5. The van der Waals surface area contributed by atoms with E-state index in [2.05, 4.69) is 6.92 Å². The maximum atomic E-state index is 12.9. The van der Waals surface area contributed by atoms with Crippen molar-refractivity contribution in [2.45, 2.75) is 91.6 Å². The first kappa shape index (κ1) is 26.3. The Labute approximate surface area is 181 Å². The molecule has 1 saturated carbocycles. The highest BCUT2D eigenvalue weighted by molar-refractivity contribution is 6.06. The summed E-state index contributed by atoms with van der Waals surface area (Å²) in [5.74, 6) is -1.41. The van der Waals surface area contributed by atoms with Crippen LogP contribution in [0.3, 0.4) is 0 Å². The second-order valence-corrected chi connectivity index (χ2v) is 8.25. The number of ketones is 1. The predicted molar refractivity (Wildman–Crippen MR) is 116 cm³/mol. The molecule has 0 heterocycles. The summed E-state index contributed by atoms with van der Waals surface area (Å²) in [5.41, 5.74) is -1.22. The number of ether oxygens (including phenoxy) is 2. The minimum Gasteiger partial charge on any atom is -0.466 e. The van der Waals surface area contributed by atoms with Crippen LogP contribution in [0.2, 0.25) is 0 Å². The SMILES string of the molecule is CCCCCC(O)C=C[C@H]1CCC(=O)[C@]1(CCCC(C)C(=O)OCC)C(=O)OCC. The van der Waals surface area contributed by atoms with Crippen molar-refractivity contribution in [2.24, 2.45) is 17.3 Å². The highest BCUT2D eigenvalue weighted by atomic mass is 16.5. The van der Waals surface area contributed by atoms with Crippen molar-refractivity contribution in [3.8, 4) is 0 Å². The Morgan fingerprint density at radius 2 is 1.83 bits per heavy atom. The number of carbonyl (C=O) groups is 3. The number of esters is 2. The van der Waals surface area contributed by atoms with Crippen molar-refractivity contribution < 1.29 is 29.0 Å². The van der Waals surface area contributed by atoms with Gasteiger partial charge in [0.05, 0.1) is 25.2 Å². The lowest BCUT2D eigenvalue weighted by molar-refractivity contribution is -0.161. The quantitative estimate of drug-likeness (QED) is 0.193. The fourth-order valence-electron chi connectivity index (χ4n) is 4.23. The minimum absolute atomic E-state index is 0.0974. The molecule has 6 heteroatoms. The largest absolute Gasteiger partial charge is 0.466 e. The highest BCUT2D eigenvalue weighted by Gasteiger charge is 2.55. The van der Waals surface area contributed by atoms with E-state index >= 15 is 0 Å². The van der Waals surface area contributed by atoms with Gasteiger partial charge in [0.15, 0.2) is 5.78 Å². The van der Waals surface area contributed by atoms with E-state index in [9.17, 15) is 19.5 Å². The van der Waals surface area contributed by atoms with Crippen molar-refractivity contribution >= 4 is 17.7 Å². The molecule has 2 unspecified atom stereocenters. The van der Waals surface area contributed by atoms with Crippen LogP contribution in [0.1, 0.15) is 85.5 Å². The van der Waals surface area contributed by atoms with Gasteiger partial charge in [-0.15, -0.1) is 0 Å². The topological polar surface area (TPSA) is 89.9 Å². The van der Waals surface area contributed by atoms with Crippen molar-refractivity contribution in [1.82, 2.24) is 0 Å². The van der Waals surface area contributed by atoms with E-state index in [0.717, 1.165) is 19.3 Å². The Bertz CT molecular complexity index is 584. The average molecular weight is 425 g/mol. The number of hydrogen-bond donors (Lipinski definition) is 1. The Balaban J connectivity index is 2.91. The second-order valence-electron chi connectivity index (χ2n) is 8.25. The number of Topliss-reactive ketones (excluding diaryl/α,β-unsaturated/α-hetero) is 1. The minimum atomic E-state index is -1.22. The van der Waals surface area contributed by atoms with Gasteiger partial charge in [-0.1, -0.05) is 51.7 Å². The van der Waals surface area contributed by atoms with Gasteiger partial charge >= 0.3 is 11.9 Å². The van der Waals surface area contributed by atoms with Crippen LogP contribution in [0.4, 0.5) is 0 Å². The van der Waals surface area contributed by atoms with Crippen LogP contribution < -0.4 is 0 Å². The summed E-state index contributed by atoms with van der Waals surface area (Å²) in [5, 5.41) is 10.2. The van der Waals surface area contributed by atoms with Gasteiger partial charge in [-0.05, 0) is 39.5 Å². The number of unbranched alkanes of at least 4 members (excludes halogenated alkanes) is 2. The van der Waals surface area contributed by atoms with E-state index in [1.165, 1.54) is 0 Å². The summed E-state index contributed by atoms with van der Waals surface area (Å²) < 4.78 is 10.4. The van der Waals surface area contributed by atoms with Gasteiger partial charge in [-0.25, -0.2) is 0 Å². The van der Waals surface area contributed by atoms with Gasteiger partial charge in [-0.3, -0.25) is 14.4 Å². The summed E-state index contributed by atoms with van der Waals surface area (Å²) in [7, 11) is 0. The zero-order valence-electron chi connectivity index (χ0n) is 19.2. The average Bonchev–Trinajstić information content (AvgIpc) is 3.03. The second kappa shape index (κ2) is 13.6. The molecule has 1 N–H and O–H groups in total. The lowest BCUT2D eigenvalue weighted by Gasteiger charge is -2.30. The molecule has 0 aromatic carbocycles. The van der Waals surface area contributed by atoms with Crippen LogP contribution in [0.15, 0.2) is 12.2 Å². The highest BCUT2D eigenvalue weighted by Crippen LogP contribution is 2.46. The van der Waals surface area contributed by atoms with Crippen molar-refractivity contribution in [3.63, 3.8) is 0 Å². The van der Waals surface area contributed by atoms with Crippen LogP contribution in [0, 0.1) is 17.3 Å². The fourth-order valence-corrected chi connectivity index (χ4v) is 4.23. The molecular formula is C24H40O6. The van der Waals surface area contributed by atoms with Crippen molar-refractivity contribution in [3.05, 3.63) is 12.2 Å². The molecule has 0 aliphatic heterocycles. The maximum Gasteiger partial charge on any atom is 0.320 e. The van der Waals surface area contributed by atoms with Gasteiger partial charge in [0, 0.05) is 12.3 Å². The lowest BCUT2D eigenvalue weighted by atomic mass is 9.72. The van der Waals surface area contributed by atoms with Gasteiger partial charge in [0.1, 0.15) is 5.41 Å². The smallest absolute Gasteiger partial charge is 0.320 e. The molecule has 6 nitrogen and oxygen atoms in total. The molecule has 1 aliphatic carbocycles. The van der Waals surface area contributed by atoms with Crippen LogP contribution in [0.5, 0.6) is 0 Å². The summed E-state index contributed by atoms with van der Waals surface area (Å²) in [6, 6.07) is 0. The Morgan fingerprint density at radius 1 is 1.13 bits per heavy atom. The molecule has 0 aromatic heterocycles. The molecule has 0 radical (unpaired) electrons. The number of carbonyl (C=O) groups excluding carboxylic acids is 3. The molecule has 1 rings (SSSR count). The lowest BCUT2D eigenvalue weighted by Crippen LogP contribution is -2.42. The molecule has 1 aliphatic rings. The molecule has 0 amide bonds. The summed E-state index contributed by atoms with van der Waals surface area (Å²) in [6.07, 6.45) is 9.11. The molecule has 0 spiro atoms. The molecule has 0 aromatic rings. The Morgan fingerprint density at radius 3 is 2.47 bits per heavy atom. The van der Waals surface area contributed by atoms with E-state index in [4.69, 9.17) is 9.47 Å². The molecule has 0 bridgehead atoms. The first-order valence-electron chi connectivity index (χ1n) is 11.6. The standard InChI is InChI=1S/C24H40O6/c1-5-8-9-12-20(25)15-13-19-14-16-21(26)24(19,23(28)30-7-3)17-10-11-18(4)22(27)29-6-2/h13,15,18-20,25H,5-12,14,16-17H2,1-4H3/t18?,19-,20?,24+/m0/s1. The van der Waals surface area contributed by atoms with Crippen LogP contribution >= 0.6 is 0 Å². The van der Waals surface area contributed by atoms with Gasteiger partial charge < -0.3 is 14.6 Å². The number of aliphatic hydroxyl groups is 1. The van der Waals surface area contributed by atoms with Gasteiger partial charge in [0.2, 0.25) is 0 Å². The van der Waals surface area contributed by atoms with E-state index < -0.39 is 17.5 Å². The van der Waals surface area contributed by atoms with Gasteiger partial charge in [0.25, 0.3) is 0 Å². The third-order valence-corrected chi connectivity index (χ3v) is 6.02. The first-order valence-corrected chi connectivity index (χ1v) is 11.6. The van der Waals surface area contributed by atoms with E-state index in [1.54, 1.807) is 26.8 Å².